The first-order chi connectivity index (χ1) is 19.5. The molecule has 6 nitrogen and oxygen atoms in total. The first kappa shape index (κ1) is 31.3. The van der Waals surface area contributed by atoms with E-state index >= 15 is 0 Å². The molecule has 0 aromatic heterocycles. The Morgan fingerprint density at radius 3 is 2.10 bits per heavy atom. The van der Waals surface area contributed by atoms with Crippen LogP contribution in [-0.2, 0) is 16.3 Å². The van der Waals surface area contributed by atoms with E-state index in [1.807, 2.05) is 31.2 Å². The zero-order valence-corrected chi connectivity index (χ0v) is 24.3. The third-order valence-electron chi connectivity index (χ3n) is 6.99. The fourth-order valence-electron chi connectivity index (χ4n) is 4.75. The minimum atomic E-state index is -4.35. The van der Waals surface area contributed by atoms with Crippen molar-refractivity contribution in [3.05, 3.63) is 95.1 Å². The number of aliphatic hydroxyl groups is 1. The molecule has 41 heavy (non-hydrogen) atoms. The van der Waals surface area contributed by atoms with Crippen molar-refractivity contribution >= 4 is 27.5 Å². The molecule has 0 saturated carbocycles. The summed E-state index contributed by atoms with van der Waals surface area (Å²) in [5, 5.41) is 9.06. The lowest BCUT2D eigenvalue weighted by Crippen LogP contribution is -2.47. The van der Waals surface area contributed by atoms with Crippen LogP contribution in [0.2, 0.25) is 0 Å². The molecular formula is C30H33F3N2O4S2. The first-order valence-electron chi connectivity index (χ1n) is 13.2. The Kier molecular flexibility index (Phi) is 10.3. The van der Waals surface area contributed by atoms with Gasteiger partial charge in [-0.1, -0.05) is 53.7 Å². The molecule has 1 fully saturated rings. The van der Waals surface area contributed by atoms with Crippen LogP contribution in [0.25, 0.3) is 5.57 Å². The highest BCUT2D eigenvalue weighted by Crippen LogP contribution is 2.47. The molecular weight excluding hydrogens is 573 g/mol. The van der Waals surface area contributed by atoms with Gasteiger partial charge in [-0.05, 0) is 66.4 Å². The largest absolute Gasteiger partial charge is 0.416 e. The van der Waals surface area contributed by atoms with E-state index in [1.165, 1.54) is 36.0 Å². The maximum atomic E-state index is 13.3. The highest BCUT2D eigenvalue weighted by Gasteiger charge is 2.32. The van der Waals surface area contributed by atoms with Crippen molar-refractivity contribution in [3.63, 3.8) is 0 Å². The van der Waals surface area contributed by atoms with E-state index < -0.39 is 21.9 Å². The first-order valence-corrected chi connectivity index (χ1v) is 15.5. The molecule has 0 radical (unpaired) electrons. The normalized spacial score (nSPS) is 17.0. The molecule has 0 unspecified atom stereocenters. The lowest BCUT2D eigenvalue weighted by Gasteiger charge is -2.34. The Morgan fingerprint density at radius 2 is 1.49 bits per heavy atom. The quantitative estimate of drug-likeness (QED) is 0.267. The number of nitrogens with zero attached hydrogens (tertiary/aromatic N) is 2. The third kappa shape index (κ3) is 8.43. The molecule has 0 aliphatic carbocycles. The van der Waals surface area contributed by atoms with E-state index in [0.717, 1.165) is 65.6 Å². The number of piperazine rings is 1. The van der Waals surface area contributed by atoms with Crippen molar-refractivity contribution in [2.45, 2.75) is 34.2 Å². The number of hydrogen-bond donors (Lipinski definition) is 2. The van der Waals surface area contributed by atoms with Crippen LogP contribution in [0.1, 0.15) is 28.7 Å². The molecule has 3 aromatic carbocycles. The highest BCUT2D eigenvalue weighted by atomic mass is 32.2. The van der Waals surface area contributed by atoms with Crippen LogP contribution in [0.5, 0.6) is 0 Å². The molecule has 220 valence electrons. The maximum Gasteiger partial charge on any atom is 0.416 e. The summed E-state index contributed by atoms with van der Waals surface area (Å²) in [4.78, 5) is 6.50. The number of hydrogen-bond acceptors (Lipinski definition) is 6. The standard InChI is InChI=1S/C23H25F3N2OS.C7H8O3S/c24-23(25,26)17-7-8-22-20(16-17)18(19-4-1-2-6-21(19)30-22)5-3-9-27-10-12-28(13-11-27)14-15-29;1-6-2-4-7(5-3-6)11(8,9)10/h1-2,4-8,16,29H,3,9-15H2;2-5H,1H3,(H,8,9,10)/b18-5-;. The zero-order chi connectivity index (χ0) is 29.6. The molecule has 1 saturated heterocycles. The fourth-order valence-corrected chi connectivity index (χ4v) is 6.31. The van der Waals surface area contributed by atoms with Crippen LogP contribution < -0.4 is 0 Å². The van der Waals surface area contributed by atoms with Crippen LogP contribution in [0.15, 0.2) is 87.5 Å². The summed E-state index contributed by atoms with van der Waals surface area (Å²) in [7, 11) is -4.02. The third-order valence-corrected chi connectivity index (χ3v) is 9.01. The second-order valence-electron chi connectivity index (χ2n) is 9.91. The summed E-state index contributed by atoms with van der Waals surface area (Å²) < 4.78 is 69.5. The Morgan fingerprint density at radius 1 is 0.878 bits per heavy atom. The number of fused-ring (bicyclic) bond motifs is 2. The fraction of sp³-hybridized carbons (Fsp3) is 0.333. The number of rotatable bonds is 6. The lowest BCUT2D eigenvalue weighted by molar-refractivity contribution is -0.137. The Balaban J connectivity index is 0.000000296. The summed E-state index contributed by atoms with van der Waals surface area (Å²) in [5.41, 5.74) is 2.91. The number of alkyl halides is 3. The molecule has 2 aliphatic rings. The monoisotopic (exact) mass is 606 g/mol. The average molecular weight is 607 g/mol. The predicted octanol–water partition coefficient (Wildman–Crippen LogP) is 5.84. The Bertz CT molecular complexity index is 1470. The molecule has 2 heterocycles. The van der Waals surface area contributed by atoms with Gasteiger partial charge in [0.1, 0.15) is 0 Å². The van der Waals surface area contributed by atoms with Crippen LogP contribution in [0.3, 0.4) is 0 Å². The molecule has 2 aliphatic heterocycles. The SMILES string of the molecule is Cc1ccc(S(=O)(=O)O)cc1.OCCN1CCN(CC/C=C2/c3ccccc3Sc3ccc(C(F)(F)F)cc32)CC1. The zero-order valence-electron chi connectivity index (χ0n) is 22.6. The molecule has 0 bridgehead atoms. The number of benzene rings is 3. The van der Waals surface area contributed by atoms with Crippen LogP contribution in [0, 0.1) is 6.92 Å². The van der Waals surface area contributed by atoms with Gasteiger partial charge in [0.2, 0.25) is 0 Å². The second kappa shape index (κ2) is 13.5. The van der Waals surface area contributed by atoms with Crippen LogP contribution in [-0.4, -0.2) is 73.8 Å². The average Bonchev–Trinajstić information content (AvgIpc) is 2.93. The van der Waals surface area contributed by atoms with Crippen molar-refractivity contribution in [1.82, 2.24) is 9.80 Å². The lowest BCUT2D eigenvalue weighted by atomic mass is 9.94. The van der Waals surface area contributed by atoms with Crippen LogP contribution >= 0.6 is 11.8 Å². The highest BCUT2D eigenvalue weighted by molar-refractivity contribution is 7.99. The van der Waals surface area contributed by atoms with Gasteiger partial charge >= 0.3 is 6.18 Å². The Hall–Kier alpha value is -2.67. The van der Waals surface area contributed by atoms with Gasteiger partial charge in [0.15, 0.2) is 0 Å². The minimum Gasteiger partial charge on any atom is -0.395 e. The molecule has 5 rings (SSSR count). The smallest absolute Gasteiger partial charge is 0.395 e. The van der Waals surface area contributed by atoms with E-state index in [1.54, 1.807) is 18.2 Å². The number of halogens is 3. The summed E-state index contributed by atoms with van der Waals surface area (Å²) in [5.74, 6) is 0. The maximum absolute atomic E-state index is 13.3. The van der Waals surface area contributed by atoms with E-state index in [2.05, 4.69) is 15.9 Å². The predicted molar refractivity (Wildman–Crippen MR) is 155 cm³/mol. The van der Waals surface area contributed by atoms with Gasteiger partial charge < -0.3 is 10.0 Å². The van der Waals surface area contributed by atoms with Crippen molar-refractivity contribution in [2.75, 3.05) is 45.9 Å². The topological polar surface area (TPSA) is 81.1 Å². The van der Waals surface area contributed by atoms with Crippen molar-refractivity contribution in [2.24, 2.45) is 0 Å². The van der Waals surface area contributed by atoms with E-state index in [9.17, 15) is 21.6 Å². The van der Waals surface area contributed by atoms with Gasteiger partial charge in [-0.15, -0.1) is 0 Å². The summed E-state index contributed by atoms with van der Waals surface area (Å²) in [6.45, 7) is 7.39. The number of aliphatic hydroxyl groups excluding tert-OH is 1. The molecule has 3 aromatic rings. The van der Waals surface area contributed by atoms with Crippen molar-refractivity contribution in [1.29, 1.82) is 0 Å². The van der Waals surface area contributed by atoms with Gasteiger partial charge in [-0.3, -0.25) is 9.45 Å². The number of β-amino-alcohol motifs (C(OH)–C–C–N with tert-alkyl or cyclic N) is 1. The molecule has 2 N–H and O–H groups in total. The molecule has 0 amide bonds. The van der Waals surface area contributed by atoms with Gasteiger partial charge in [-0.2, -0.15) is 21.6 Å². The number of aryl methyl sites for hydroxylation is 1. The Labute approximate surface area is 243 Å². The van der Waals surface area contributed by atoms with Crippen molar-refractivity contribution in [3.8, 4) is 0 Å². The molecule has 0 atom stereocenters. The minimum absolute atomic E-state index is 0.0666. The van der Waals surface area contributed by atoms with E-state index in [4.69, 9.17) is 9.66 Å². The van der Waals surface area contributed by atoms with Gasteiger partial charge in [-0.25, -0.2) is 0 Å². The van der Waals surface area contributed by atoms with Gasteiger partial charge in [0.25, 0.3) is 10.1 Å². The summed E-state index contributed by atoms with van der Waals surface area (Å²) in [6, 6.07) is 18.0. The van der Waals surface area contributed by atoms with Gasteiger partial charge in [0, 0.05) is 49.1 Å². The van der Waals surface area contributed by atoms with E-state index in [0.29, 0.717) is 12.1 Å². The van der Waals surface area contributed by atoms with Crippen LogP contribution in [0.4, 0.5) is 13.2 Å². The van der Waals surface area contributed by atoms with E-state index in [-0.39, 0.29) is 11.5 Å². The second-order valence-corrected chi connectivity index (χ2v) is 12.4. The van der Waals surface area contributed by atoms with Gasteiger partial charge in [0.05, 0.1) is 17.1 Å². The summed E-state index contributed by atoms with van der Waals surface area (Å²) in [6.07, 6.45) is -1.47. The summed E-state index contributed by atoms with van der Waals surface area (Å²) >= 11 is 1.53. The molecule has 0 spiro atoms. The van der Waals surface area contributed by atoms with Crippen molar-refractivity contribution < 1.29 is 31.2 Å². The molecule has 11 heteroatoms.